The minimum atomic E-state index is 0.226. The van der Waals surface area contributed by atoms with Crippen LogP contribution in [0.25, 0.3) is 0 Å². The highest BCUT2D eigenvalue weighted by molar-refractivity contribution is 7.03. The molecule has 0 amide bonds. The molecule has 0 atom stereocenters. The molecular weight excluding hydrogens is 184 g/mol. The smallest absolute Gasteiger partial charge is 0.0682 e. The normalized spacial score (nSPS) is 11.0. The molecule has 3 nitrogen and oxygen atoms in total. The Morgan fingerprint density at radius 3 is 2.92 bits per heavy atom. The molecule has 0 saturated heterocycles. The Morgan fingerprint density at radius 1 is 1.54 bits per heavy atom. The molecule has 1 aromatic heterocycles. The van der Waals surface area contributed by atoms with Gasteiger partial charge in [0.2, 0.25) is 0 Å². The van der Waals surface area contributed by atoms with Gasteiger partial charge in [-0.2, -0.15) is 4.37 Å². The zero-order chi connectivity index (χ0) is 9.52. The molecule has 4 heteroatoms. The Hall–Kier alpha value is -0.450. The Kier molecular flexibility index (Phi) is 4.97. The number of nitrogens with zero attached hydrogens (tertiary/aromatic N) is 2. The molecule has 1 aromatic rings. The zero-order valence-electron chi connectivity index (χ0n) is 7.94. The molecule has 1 heterocycles. The van der Waals surface area contributed by atoms with Crippen LogP contribution in [0.5, 0.6) is 0 Å². The van der Waals surface area contributed by atoms with Crippen LogP contribution in [0.4, 0.5) is 0 Å². The fourth-order valence-corrected chi connectivity index (χ4v) is 1.81. The summed E-state index contributed by atoms with van der Waals surface area (Å²) in [5, 5.41) is 10.8. The first-order valence-corrected chi connectivity index (χ1v) is 5.43. The van der Waals surface area contributed by atoms with E-state index in [1.165, 1.54) is 11.5 Å². The maximum absolute atomic E-state index is 8.83. The fourth-order valence-electron chi connectivity index (χ4n) is 1.28. The van der Waals surface area contributed by atoms with E-state index in [2.05, 4.69) is 16.2 Å². The summed E-state index contributed by atoms with van der Waals surface area (Å²) >= 11 is 1.48. The molecule has 1 rings (SSSR count). The van der Waals surface area contributed by atoms with E-state index in [1.807, 2.05) is 11.4 Å². The predicted molar refractivity (Wildman–Crippen MR) is 54.8 cm³/mol. The lowest BCUT2D eigenvalue weighted by molar-refractivity contribution is 0.189. The Bertz CT molecular complexity index is 207. The molecule has 0 aliphatic heterocycles. The Labute approximate surface area is 83.2 Å². The zero-order valence-corrected chi connectivity index (χ0v) is 8.76. The number of hydrogen-bond donors (Lipinski definition) is 1. The number of hydrogen-bond acceptors (Lipinski definition) is 4. The molecule has 0 unspecified atom stereocenters. The molecule has 0 bridgehead atoms. The number of aliphatic hydroxyl groups is 1. The van der Waals surface area contributed by atoms with Gasteiger partial charge in [-0.05, 0) is 30.6 Å². The van der Waals surface area contributed by atoms with Crippen LogP contribution in [0.15, 0.2) is 11.4 Å². The van der Waals surface area contributed by atoms with Gasteiger partial charge in [0.05, 0.1) is 12.3 Å². The van der Waals surface area contributed by atoms with Gasteiger partial charge in [0.25, 0.3) is 0 Å². The van der Waals surface area contributed by atoms with E-state index in [4.69, 9.17) is 5.11 Å². The lowest BCUT2D eigenvalue weighted by Crippen LogP contribution is -2.27. The van der Waals surface area contributed by atoms with Crippen LogP contribution in [-0.4, -0.2) is 34.1 Å². The van der Waals surface area contributed by atoms with E-state index in [9.17, 15) is 0 Å². The van der Waals surface area contributed by atoms with Crippen molar-refractivity contribution in [2.24, 2.45) is 0 Å². The first kappa shape index (κ1) is 10.6. The summed E-state index contributed by atoms with van der Waals surface area (Å²) in [5.74, 6) is 0. The first-order chi connectivity index (χ1) is 6.36. The number of rotatable bonds is 6. The van der Waals surface area contributed by atoms with Crippen LogP contribution < -0.4 is 0 Å². The Morgan fingerprint density at radius 2 is 2.38 bits per heavy atom. The lowest BCUT2D eigenvalue weighted by Gasteiger charge is -2.18. The van der Waals surface area contributed by atoms with Gasteiger partial charge in [-0.15, -0.1) is 0 Å². The molecule has 0 aliphatic rings. The van der Waals surface area contributed by atoms with Crippen molar-refractivity contribution >= 4 is 11.5 Å². The average Bonchev–Trinajstić information content (AvgIpc) is 2.58. The van der Waals surface area contributed by atoms with E-state index >= 15 is 0 Å². The van der Waals surface area contributed by atoms with Gasteiger partial charge in [0.1, 0.15) is 0 Å². The molecule has 1 N–H and O–H groups in total. The lowest BCUT2D eigenvalue weighted by atomic mass is 10.3. The van der Waals surface area contributed by atoms with Crippen molar-refractivity contribution in [3.05, 3.63) is 17.1 Å². The van der Waals surface area contributed by atoms with Gasteiger partial charge in [0.15, 0.2) is 0 Å². The van der Waals surface area contributed by atoms with E-state index in [0.29, 0.717) is 0 Å². The summed E-state index contributed by atoms with van der Waals surface area (Å²) in [7, 11) is 0. The highest BCUT2D eigenvalue weighted by Crippen LogP contribution is 2.04. The van der Waals surface area contributed by atoms with E-state index in [-0.39, 0.29) is 6.61 Å². The summed E-state index contributed by atoms with van der Waals surface area (Å²) in [6, 6.07) is 2.03. The molecule has 0 aliphatic carbocycles. The second kappa shape index (κ2) is 6.07. The second-order valence-corrected chi connectivity index (χ2v) is 3.66. The first-order valence-electron chi connectivity index (χ1n) is 4.59. The van der Waals surface area contributed by atoms with Crippen molar-refractivity contribution in [3.63, 3.8) is 0 Å². The van der Waals surface area contributed by atoms with Crippen molar-refractivity contribution in [1.29, 1.82) is 0 Å². The summed E-state index contributed by atoms with van der Waals surface area (Å²) in [5.41, 5.74) is 1.10. The standard InChI is InChI=1S/C9H16N2OS/c1-2-4-11(5-6-12)8-9-3-7-13-10-9/h3,7,12H,2,4-6,8H2,1H3. The van der Waals surface area contributed by atoms with Gasteiger partial charge in [0, 0.05) is 18.5 Å². The summed E-state index contributed by atoms with van der Waals surface area (Å²) in [4.78, 5) is 2.22. The largest absolute Gasteiger partial charge is 0.395 e. The second-order valence-electron chi connectivity index (χ2n) is 2.99. The van der Waals surface area contributed by atoms with Crippen molar-refractivity contribution in [3.8, 4) is 0 Å². The van der Waals surface area contributed by atoms with Crippen molar-refractivity contribution < 1.29 is 5.11 Å². The number of aliphatic hydroxyl groups excluding tert-OH is 1. The maximum Gasteiger partial charge on any atom is 0.0682 e. The Balaban J connectivity index is 2.37. The third-order valence-corrected chi connectivity index (χ3v) is 2.43. The highest BCUT2D eigenvalue weighted by atomic mass is 32.1. The van der Waals surface area contributed by atoms with E-state index in [0.717, 1.165) is 31.7 Å². The topological polar surface area (TPSA) is 36.4 Å². The summed E-state index contributed by atoms with van der Waals surface area (Å²) in [6.07, 6.45) is 1.12. The third-order valence-electron chi connectivity index (χ3n) is 1.83. The van der Waals surface area contributed by atoms with E-state index in [1.54, 1.807) is 0 Å². The van der Waals surface area contributed by atoms with Crippen LogP contribution in [0, 0.1) is 0 Å². The van der Waals surface area contributed by atoms with Gasteiger partial charge in [-0.1, -0.05) is 6.92 Å². The SMILES string of the molecule is CCCN(CCO)Cc1ccsn1. The average molecular weight is 200 g/mol. The van der Waals surface area contributed by atoms with E-state index < -0.39 is 0 Å². The monoisotopic (exact) mass is 200 g/mol. The van der Waals surface area contributed by atoms with Crippen LogP contribution in [0.3, 0.4) is 0 Å². The molecule has 0 fully saturated rings. The van der Waals surface area contributed by atoms with Crippen LogP contribution in [0.2, 0.25) is 0 Å². The number of aromatic nitrogens is 1. The molecule has 0 aromatic carbocycles. The summed E-state index contributed by atoms with van der Waals surface area (Å²) < 4.78 is 4.24. The van der Waals surface area contributed by atoms with Crippen molar-refractivity contribution in [2.75, 3.05) is 19.7 Å². The summed E-state index contributed by atoms with van der Waals surface area (Å²) in [6.45, 7) is 5.00. The fraction of sp³-hybridized carbons (Fsp3) is 0.667. The molecule has 0 radical (unpaired) electrons. The molecule has 13 heavy (non-hydrogen) atoms. The van der Waals surface area contributed by atoms with Crippen molar-refractivity contribution in [2.45, 2.75) is 19.9 Å². The highest BCUT2D eigenvalue weighted by Gasteiger charge is 2.04. The third kappa shape index (κ3) is 3.85. The van der Waals surface area contributed by atoms with Crippen LogP contribution in [0.1, 0.15) is 19.0 Å². The van der Waals surface area contributed by atoms with Gasteiger partial charge >= 0.3 is 0 Å². The maximum atomic E-state index is 8.83. The quantitative estimate of drug-likeness (QED) is 0.753. The minimum absolute atomic E-state index is 0.226. The molecular formula is C9H16N2OS. The van der Waals surface area contributed by atoms with Crippen LogP contribution >= 0.6 is 11.5 Å². The van der Waals surface area contributed by atoms with Crippen molar-refractivity contribution in [1.82, 2.24) is 9.27 Å². The minimum Gasteiger partial charge on any atom is -0.395 e. The molecule has 0 spiro atoms. The predicted octanol–water partition coefficient (Wildman–Crippen LogP) is 1.35. The van der Waals surface area contributed by atoms with Gasteiger partial charge in [-0.25, -0.2) is 0 Å². The van der Waals surface area contributed by atoms with Gasteiger partial charge < -0.3 is 5.11 Å². The van der Waals surface area contributed by atoms with Crippen LogP contribution in [-0.2, 0) is 6.54 Å². The molecule has 0 saturated carbocycles. The molecule has 74 valence electrons. The van der Waals surface area contributed by atoms with Gasteiger partial charge in [-0.3, -0.25) is 4.90 Å².